The molecule has 1 aliphatic rings. The zero-order valence-corrected chi connectivity index (χ0v) is 12.3. The molecule has 0 aliphatic carbocycles. The summed E-state index contributed by atoms with van der Waals surface area (Å²) in [7, 11) is 0. The topological polar surface area (TPSA) is 54.2 Å². The third kappa shape index (κ3) is 3.54. The van der Waals surface area contributed by atoms with Gasteiger partial charge in [-0.15, -0.1) is 0 Å². The lowest BCUT2D eigenvalue weighted by Crippen LogP contribution is -2.46. The van der Waals surface area contributed by atoms with Gasteiger partial charge in [-0.2, -0.15) is 5.10 Å². The highest BCUT2D eigenvalue weighted by molar-refractivity contribution is 4.98. The first-order valence-electron chi connectivity index (χ1n) is 7.37. The lowest BCUT2D eigenvalue weighted by atomic mass is 9.88. The normalized spacial score (nSPS) is 20.1. The smallest absolute Gasteiger partial charge is 0.138 e. The van der Waals surface area contributed by atoms with Crippen molar-refractivity contribution in [3.63, 3.8) is 0 Å². The quantitative estimate of drug-likeness (QED) is 0.880. The largest absolute Gasteiger partial charge is 0.389 e. The SMILES string of the molecule is CCCN1CCC(O)(Cc2ncnn2C(C)C)CC1. The maximum absolute atomic E-state index is 10.7. The summed E-state index contributed by atoms with van der Waals surface area (Å²) < 4.78 is 1.91. The summed E-state index contributed by atoms with van der Waals surface area (Å²) in [4.78, 5) is 6.74. The van der Waals surface area contributed by atoms with Crippen molar-refractivity contribution in [2.75, 3.05) is 19.6 Å². The molecule has 1 aromatic heterocycles. The van der Waals surface area contributed by atoms with Crippen LogP contribution in [0, 0.1) is 0 Å². The number of rotatable bonds is 5. The number of piperidine rings is 1. The van der Waals surface area contributed by atoms with Crippen LogP contribution in [0.1, 0.15) is 51.9 Å². The molecule has 1 saturated heterocycles. The molecule has 1 N–H and O–H groups in total. The first-order valence-corrected chi connectivity index (χ1v) is 7.37. The molecular formula is C14H26N4O. The number of nitrogens with zero attached hydrogens (tertiary/aromatic N) is 4. The number of hydrogen-bond acceptors (Lipinski definition) is 4. The molecule has 1 fully saturated rings. The molecule has 1 aromatic rings. The van der Waals surface area contributed by atoms with Crippen LogP contribution < -0.4 is 0 Å². The van der Waals surface area contributed by atoms with E-state index in [9.17, 15) is 5.11 Å². The molecule has 0 bridgehead atoms. The van der Waals surface area contributed by atoms with Crippen molar-refractivity contribution in [2.45, 2.75) is 58.1 Å². The Bertz CT molecular complexity index is 394. The van der Waals surface area contributed by atoms with Crippen LogP contribution in [0.15, 0.2) is 6.33 Å². The van der Waals surface area contributed by atoms with Gasteiger partial charge in [0.2, 0.25) is 0 Å². The molecule has 108 valence electrons. The number of likely N-dealkylation sites (tertiary alicyclic amines) is 1. The molecule has 0 radical (unpaired) electrons. The van der Waals surface area contributed by atoms with Crippen molar-refractivity contribution in [3.05, 3.63) is 12.2 Å². The van der Waals surface area contributed by atoms with Crippen molar-refractivity contribution >= 4 is 0 Å². The number of hydrogen-bond donors (Lipinski definition) is 1. The van der Waals surface area contributed by atoms with Crippen LogP contribution in [0.3, 0.4) is 0 Å². The highest BCUT2D eigenvalue weighted by Gasteiger charge is 2.33. The van der Waals surface area contributed by atoms with Gasteiger partial charge in [0, 0.05) is 25.6 Å². The summed E-state index contributed by atoms with van der Waals surface area (Å²) in [5.41, 5.74) is -0.607. The minimum atomic E-state index is -0.607. The Hall–Kier alpha value is -0.940. The first kappa shape index (κ1) is 14.5. The summed E-state index contributed by atoms with van der Waals surface area (Å²) in [6.07, 6.45) is 5.05. The lowest BCUT2D eigenvalue weighted by Gasteiger charge is -2.38. The molecule has 2 rings (SSSR count). The van der Waals surface area contributed by atoms with Crippen molar-refractivity contribution in [1.29, 1.82) is 0 Å². The van der Waals surface area contributed by atoms with E-state index >= 15 is 0 Å². The van der Waals surface area contributed by atoms with E-state index in [2.05, 4.69) is 35.8 Å². The molecule has 0 amide bonds. The fraction of sp³-hybridized carbons (Fsp3) is 0.857. The molecule has 5 heteroatoms. The second-order valence-electron chi connectivity index (χ2n) is 5.96. The van der Waals surface area contributed by atoms with Crippen LogP contribution in [0.2, 0.25) is 0 Å². The standard InChI is InChI=1S/C14H26N4O/c1-4-7-17-8-5-14(19,6-9-17)10-13-15-11-16-18(13)12(2)3/h11-12,19H,4-10H2,1-3H3. The summed E-state index contributed by atoms with van der Waals surface area (Å²) in [5.74, 6) is 0.904. The molecular weight excluding hydrogens is 240 g/mol. The first-order chi connectivity index (χ1) is 9.04. The average Bonchev–Trinajstić information content (AvgIpc) is 2.80. The van der Waals surface area contributed by atoms with Gasteiger partial charge in [-0.1, -0.05) is 6.92 Å². The predicted octanol–water partition coefficient (Wildman–Crippen LogP) is 1.64. The van der Waals surface area contributed by atoms with Crippen molar-refractivity contribution in [3.8, 4) is 0 Å². The molecule has 0 aromatic carbocycles. The van der Waals surface area contributed by atoms with Crippen LogP contribution in [0.4, 0.5) is 0 Å². The predicted molar refractivity (Wildman–Crippen MR) is 75.0 cm³/mol. The Labute approximate surface area is 115 Å². The second kappa shape index (κ2) is 6.01. The maximum atomic E-state index is 10.7. The Morgan fingerprint density at radius 2 is 2.05 bits per heavy atom. The van der Waals surface area contributed by atoms with E-state index in [1.807, 2.05) is 4.68 Å². The number of aromatic nitrogens is 3. The highest BCUT2D eigenvalue weighted by atomic mass is 16.3. The van der Waals surface area contributed by atoms with Gasteiger partial charge >= 0.3 is 0 Å². The van der Waals surface area contributed by atoms with Crippen molar-refractivity contribution < 1.29 is 5.11 Å². The molecule has 0 spiro atoms. The van der Waals surface area contributed by atoms with Gasteiger partial charge in [0.05, 0.1) is 5.60 Å². The minimum Gasteiger partial charge on any atom is -0.389 e. The maximum Gasteiger partial charge on any atom is 0.138 e. The fourth-order valence-electron chi connectivity index (χ4n) is 2.81. The Kier molecular flexibility index (Phi) is 4.58. The van der Waals surface area contributed by atoms with Crippen LogP contribution in [0.25, 0.3) is 0 Å². The highest BCUT2D eigenvalue weighted by Crippen LogP contribution is 2.26. The van der Waals surface area contributed by atoms with Crippen molar-refractivity contribution in [1.82, 2.24) is 19.7 Å². The van der Waals surface area contributed by atoms with Crippen LogP contribution in [-0.4, -0.2) is 50.0 Å². The zero-order valence-electron chi connectivity index (χ0n) is 12.3. The molecule has 19 heavy (non-hydrogen) atoms. The van der Waals surface area contributed by atoms with Crippen LogP contribution in [0.5, 0.6) is 0 Å². The fourth-order valence-corrected chi connectivity index (χ4v) is 2.81. The van der Waals surface area contributed by atoms with E-state index in [0.717, 1.165) is 38.3 Å². The minimum absolute atomic E-state index is 0.293. The van der Waals surface area contributed by atoms with E-state index in [4.69, 9.17) is 0 Å². The van der Waals surface area contributed by atoms with Gasteiger partial charge < -0.3 is 10.0 Å². The van der Waals surface area contributed by atoms with Crippen LogP contribution >= 0.6 is 0 Å². The third-order valence-corrected chi connectivity index (χ3v) is 3.95. The monoisotopic (exact) mass is 266 g/mol. The van der Waals surface area contributed by atoms with Gasteiger partial charge in [0.1, 0.15) is 12.2 Å². The molecule has 0 atom stereocenters. The average molecular weight is 266 g/mol. The van der Waals surface area contributed by atoms with E-state index in [1.165, 1.54) is 6.42 Å². The molecule has 1 aliphatic heterocycles. The third-order valence-electron chi connectivity index (χ3n) is 3.95. The molecule has 0 saturated carbocycles. The Balaban J connectivity index is 1.97. The van der Waals surface area contributed by atoms with Crippen LogP contribution in [-0.2, 0) is 6.42 Å². The Morgan fingerprint density at radius 3 is 2.63 bits per heavy atom. The molecule has 5 nitrogen and oxygen atoms in total. The van der Waals surface area contributed by atoms with E-state index in [0.29, 0.717) is 12.5 Å². The summed E-state index contributed by atoms with van der Waals surface area (Å²) in [6, 6.07) is 0.293. The summed E-state index contributed by atoms with van der Waals surface area (Å²) in [5, 5.41) is 15.0. The van der Waals surface area contributed by atoms with Gasteiger partial charge in [0.25, 0.3) is 0 Å². The van der Waals surface area contributed by atoms with E-state index < -0.39 is 5.60 Å². The zero-order chi connectivity index (χ0) is 13.9. The van der Waals surface area contributed by atoms with Gasteiger partial charge in [-0.25, -0.2) is 9.67 Å². The number of aliphatic hydroxyl groups is 1. The van der Waals surface area contributed by atoms with Gasteiger partial charge in [0.15, 0.2) is 0 Å². The summed E-state index contributed by atoms with van der Waals surface area (Å²) >= 11 is 0. The van der Waals surface area contributed by atoms with Crippen molar-refractivity contribution in [2.24, 2.45) is 0 Å². The summed E-state index contributed by atoms with van der Waals surface area (Å²) in [6.45, 7) is 9.49. The Morgan fingerprint density at radius 1 is 1.37 bits per heavy atom. The van der Waals surface area contributed by atoms with Gasteiger partial charge in [-0.3, -0.25) is 0 Å². The van der Waals surface area contributed by atoms with Gasteiger partial charge in [-0.05, 0) is 39.7 Å². The molecule has 2 heterocycles. The lowest BCUT2D eigenvalue weighted by molar-refractivity contribution is -0.0227. The van der Waals surface area contributed by atoms with E-state index in [-0.39, 0.29) is 0 Å². The van der Waals surface area contributed by atoms with E-state index in [1.54, 1.807) is 6.33 Å². The molecule has 0 unspecified atom stereocenters. The second-order valence-corrected chi connectivity index (χ2v) is 5.96.